The van der Waals surface area contributed by atoms with Crippen LogP contribution < -0.4 is 10.1 Å². The number of amides is 2. The summed E-state index contributed by atoms with van der Waals surface area (Å²) < 4.78 is 18.9. The maximum atomic E-state index is 13.6. The number of aromatic nitrogens is 1. The van der Waals surface area contributed by atoms with Crippen LogP contribution in [0.4, 0.5) is 14.9 Å². The molecule has 0 bridgehead atoms. The SMILES string of the molecule is COc1cccc(-c2ccc3c(c2)CCN(C(=O)Nc2c[nH]c4ccc(F)cc24)C3)c1. The Kier molecular flexibility index (Phi) is 4.82. The average molecular weight is 415 g/mol. The molecule has 2 N–H and O–H groups in total. The quantitative estimate of drug-likeness (QED) is 0.459. The van der Waals surface area contributed by atoms with E-state index >= 15 is 0 Å². The molecule has 3 aromatic carbocycles. The van der Waals surface area contributed by atoms with Gasteiger partial charge in [-0.1, -0.05) is 30.3 Å². The summed E-state index contributed by atoms with van der Waals surface area (Å²) >= 11 is 0. The van der Waals surface area contributed by atoms with Crippen LogP contribution in [0.5, 0.6) is 5.75 Å². The molecule has 0 aliphatic carbocycles. The lowest BCUT2D eigenvalue weighted by atomic mass is 9.94. The molecule has 0 spiro atoms. The largest absolute Gasteiger partial charge is 0.497 e. The van der Waals surface area contributed by atoms with Crippen LogP contribution in [0.3, 0.4) is 0 Å². The minimum absolute atomic E-state index is 0.187. The van der Waals surface area contributed by atoms with E-state index in [1.54, 1.807) is 24.3 Å². The third kappa shape index (κ3) is 3.72. The molecule has 2 amide bonds. The van der Waals surface area contributed by atoms with Crippen LogP contribution in [0.1, 0.15) is 11.1 Å². The number of rotatable bonds is 3. The van der Waals surface area contributed by atoms with Crippen molar-refractivity contribution in [1.82, 2.24) is 9.88 Å². The van der Waals surface area contributed by atoms with Gasteiger partial charge < -0.3 is 19.9 Å². The van der Waals surface area contributed by atoms with Gasteiger partial charge >= 0.3 is 6.03 Å². The van der Waals surface area contributed by atoms with Crippen molar-refractivity contribution in [3.8, 4) is 16.9 Å². The number of nitrogens with zero attached hydrogens (tertiary/aromatic N) is 1. The number of urea groups is 1. The number of carbonyl (C=O) groups is 1. The lowest BCUT2D eigenvalue weighted by molar-refractivity contribution is 0.206. The van der Waals surface area contributed by atoms with Crippen LogP contribution in [-0.4, -0.2) is 29.6 Å². The Morgan fingerprint density at radius 2 is 1.94 bits per heavy atom. The van der Waals surface area contributed by atoms with Gasteiger partial charge in [0.25, 0.3) is 0 Å². The highest BCUT2D eigenvalue weighted by molar-refractivity contribution is 6.01. The van der Waals surface area contributed by atoms with Gasteiger partial charge in [-0.05, 0) is 59.0 Å². The number of hydrogen-bond acceptors (Lipinski definition) is 2. The second-order valence-electron chi connectivity index (χ2n) is 7.71. The Morgan fingerprint density at radius 3 is 2.81 bits per heavy atom. The molecular weight excluding hydrogens is 393 g/mol. The summed E-state index contributed by atoms with van der Waals surface area (Å²) in [5, 5.41) is 3.58. The molecule has 4 aromatic rings. The predicted molar refractivity (Wildman–Crippen MR) is 120 cm³/mol. The number of nitrogens with one attached hydrogen (secondary N) is 2. The van der Waals surface area contributed by atoms with Crippen LogP contribution in [0, 0.1) is 5.82 Å². The van der Waals surface area contributed by atoms with Gasteiger partial charge in [0, 0.05) is 30.2 Å². The molecule has 31 heavy (non-hydrogen) atoms. The smallest absolute Gasteiger partial charge is 0.322 e. The third-order valence-electron chi connectivity index (χ3n) is 5.79. The number of methoxy groups -OCH3 is 1. The van der Waals surface area contributed by atoms with Crippen LogP contribution in [0.15, 0.2) is 66.9 Å². The second kappa shape index (κ2) is 7.80. The maximum absolute atomic E-state index is 13.6. The van der Waals surface area contributed by atoms with Gasteiger partial charge in [0.05, 0.1) is 12.8 Å². The average Bonchev–Trinajstić information content (AvgIpc) is 3.20. The highest BCUT2D eigenvalue weighted by Gasteiger charge is 2.22. The van der Waals surface area contributed by atoms with E-state index in [-0.39, 0.29) is 11.8 Å². The summed E-state index contributed by atoms with van der Waals surface area (Å²) in [6, 6.07) is 18.7. The van der Waals surface area contributed by atoms with Gasteiger partial charge in [-0.2, -0.15) is 0 Å². The van der Waals surface area contributed by atoms with Crippen LogP contribution in [-0.2, 0) is 13.0 Å². The lowest BCUT2D eigenvalue weighted by Gasteiger charge is -2.29. The van der Waals surface area contributed by atoms with Crippen LogP contribution in [0.2, 0.25) is 0 Å². The van der Waals surface area contributed by atoms with E-state index in [0.717, 1.165) is 34.4 Å². The number of fused-ring (bicyclic) bond motifs is 2. The van der Waals surface area contributed by atoms with Gasteiger partial charge in [0.15, 0.2) is 0 Å². The summed E-state index contributed by atoms with van der Waals surface area (Å²) in [4.78, 5) is 17.7. The van der Waals surface area contributed by atoms with E-state index in [1.165, 1.54) is 17.7 Å². The lowest BCUT2D eigenvalue weighted by Crippen LogP contribution is -2.38. The number of halogens is 1. The number of benzene rings is 3. The van der Waals surface area contributed by atoms with Crippen molar-refractivity contribution < 1.29 is 13.9 Å². The number of H-pyrrole nitrogens is 1. The number of hydrogen-bond donors (Lipinski definition) is 2. The standard InChI is InChI=1S/C25H22FN3O2/c1-31-21-4-2-3-16(12-21)17-5-6-19-15-29(10-9-18(19)11-17)25(30)28-24-14-27-23-8-7-20(26)13-22(23)24/h2-8,11-14,27H,9-10,15H2,1H3,(H,28,30). The minimum Gasteiger partial charge on any atom is -0.497 e. The molecular formula is C25H22FN3O2. The molecule has 0 saturated carbocycles. The molecule has 5 nitrogen and oxygen atoms in total. The summed E-state index contributed by atoms with van der Waals surface area (Å²) in [5.74, 6) is 0.497. The molecule has 6 heteroatoms. The van der Waals surface area contributed by atoms with Gasteiger partial charge in [0.1, 0.15) is 11.6 Å². The van der Waals surface area contributed by atoms with E-state index in [2.05, 4.69) is 34.6 Å². The van der Waals surface area contributed by atoms with Crippen molar-refractivity contribution >= 4 is 22.6 Å². The normalized spacial score (nSPS) is 13.2. The van der Waals surface area contributed by atoms with E-state index < -0.39 is 0 Å². The molecule has 5 rings (SSSR count). The van der Waals surface area contributed by atoms with Gasteiger partial charge in [-0.15, -0.1) is 0 Å². The van der Waals surface area contributed by atoms with Crippen molar-refractivity contribution in [1.29, 1.82) is 0 Å². The Bertz CT molecular complexity index is 1280. The van der Waals surface area contributed by atoms with Crippen molar-refractivity contribution in [2.75, 3.05) is 19.0 Å². The van der Waals surface area contributed by atoms with Gasteiger partial charge in [-0.25, -0.2) is 9.18 Å². The molecule has 0 unspecified atom stereocenters. The number of carbonyl (C=O) groups excluding carboxylic acids is 1. The van der Waals surface area contributed by atoms with Gasteiger partial charge in [-0.3, -0.25) is 0 Å². The van der Waals surface area contributed by atoms with Crippen LogP contribution in [0.25, 0.3) is 22.0 Å². The summed E-state index contributed by atoms with van der Waals surface area (Å²) in [6.07, 6.45) is 2.48. The van der Waals surface area contributed by atoms with Crippen molar-refractivity contribution in [3.63, 3.8) is 0 Å². The highest BCUT2D eigenvalue weighted by Crippen LogP contribution is 2.29. The Balaban J connectivity index is 1.33. The van der Waals surface area contributed by atoms with Crippen molar-refractivity contribution in [2.45, 2.75) is 13.0 Å². The van der Waals surface area contributed by atoms with E-state index in [0.29, 0.717) is 24.2 Å². The first kappa shape index (κ1) is 19.2. The van der Waals surface area contributed by atoms with Crippen LogP contribution >= 0.6 is 0 Å². The predicted octanol–water partition coefficient (Wildman–Crippen LogP) is 5.57. The number of anilines is 1. The first-order chi connectivity index (χ1) is 15.1. The summed E-state index contributed by atoms with van der Waals surface area (Å²) in [7, 11) is 1.67. The monoisotopic (exact) mass is 415 g/mol. The molecule has 2 heterocycles. The van der Waals surface area contributed by atoms with E-state index in [4.69, 9.17) is 4.74 Å². The molecule has 0 atom stereocenters. The molecule has 1 aromatic heterocycles. The molecule has 1 aliphatic heterocycles. The summed E-state index contributed by atoms with van der Waals surface area (Å²) in [5.41, 5.74) is 5.99. The van der Waals surface area contributed by atoms with E-state index in [1.807, 2.05) is 18.2 Å². The fourth-order valence-electron chi connectivity index (χ4n) is 4.10. The number of aromatic amines is 1. The third-order valence-corrected chi connectivity index (χ3v) is 5.79. The van der Waals surface area contributed by atoms with E-state index in [9.17, 15) is 9.18 Å². The number of ether oxygens (including phenoxy) is 1. The fraction of sp³-hybridized carbons (Fsp3) is 0.160. The Labute approximate surface area is 179 Å². The minimum atomic E-state index is -0.332. The molecule has 1 aliphatic rings. The highest BCUT2D eigenvalue weighted by atomic mass is 19.1. The fourth-order valence-corrected chi connectivity index (χ4v) is 4.10. The second-order valence-corrected chi connectivity index (χ2v) is 7.71. The molecule has 0 fully saturated rings. The molecule has 156 valence electrons. The molecule has 0 radical (unpaired) electrons. The Hall–Kier alpha value is -3.80. The zero-order valence-electron chi connectivity index (χ0n) is 17.1. The maximum Gasteiger partial charge on any atom is 0.322 e. The molecule has 0 saturated heterocycles. The zero-order valence-corrected chi connectivity index (χ0v) is 17.1. The van der Waals surface area contributed by atoms with Gasteiger partial charge in [0.2, 0.25) is 0 Å². The van der Waals surface area contributed by atoms with Crippen molar-refractivity contribution in [3.05, 3.63) is 83.8 Å². The van der Waals surface area contributed by atoms with Crippen molar-refractivity contribution in [2.24, 2.45) is 0 Å². The first-order valence-corrected chi connectivity index (χ1v) is 10.2. The topological polar surface area (TPSA) is 57.4 Å². The first-order valence-electron chi connectivity index (χ1n) is 10.2. The Morgan fingerprint density at radius 1 is 1.06 bits per heavy atom. The zero-order chi connectivity index (χ0) is 21.4. The summed E-state index contributed by atoms with van der Waals surface area (Å²) in [6.45, 7) is 1.16.